The lowest BCUT2D eigenvalue weighted by atomic mass is 9.91. The van der Waals surface area contributed by atoms with Crippen LogP contribution in [0.2, 0.25) is 0 Å². The Hall–Kier alpha value is -1.91. The van der Waals surface area contributed by atoms with Gasteiger partial charge in [-0.2, -0.15) is 0 Å². The van der Waals surface area contributed by atoms with E-state index in [0.717, 1.165) is 48.7 Å². The molecule has 2 aliphatic rings. The number of ether oxygens (including phenoxy) is 2. The van der Waals surface area contributed by atoms with E-state index in [1.807, 2.05) is 12.1 Å². The van der Waals surface area contributed by atoms with Crippen LogP contribution in [-0.4, -0.2) is 38.4 Å². The van der Waals surface area contributed by atoms with Crippen molar-refractivity contribution in [2.75, 3.05) is 32.2 Å². The van der Waals surface area contributed by atoms with Crippen molar-refractivity contribution in [2.24, 2.45) is 0 Å². The number of carbonyl (C=O) groups is 1. The van der Waals surface area contributed by atoms with Gasteiger partial charge in [-0.05, 0) is 31.7 Å². The number of aliphatic carboxylic acids is 1. The maximum absolute atomic E-state index is 11.2. The summed E-state index contributed by atoms with van der Waals surface area (Å²) in [7, 11) is 3.32. The highest BCUT2D eigenvalue weighted by molar-refractivity contribution is 5.72. The van der Waals surface area contributed by atoms with E-state index in [1.54, 1.807) is 14.2 Å². The van der Waals surface area contributed by atoms with Crippen molar-refractivity contribution in [3.05, 3.63) is 17.7 Å². The van der Waals surface area contributed by atoms with Gasteiger partial charge >= 0.3 is 5.97 Å². The maximum atomic E-state index is 11.2. The molecule has 0 radical (unpaired) electrons. The Kier molecular flexibility index (Phi) is 3.89. The van der Waals surface area contributed by atoms with Crippen molar-refractivity contribution in [3.63, 3.8) is 0 Å². The van der Waals surface area contributed by atoms with Crippen molar-refractivity contribution in [1.82, 2.24) is 0 Å². The van der Waals surface area contributed by atoms with E-state index in [2.05, 4.69) is 4.90 Å². The van der Waals surface area contributed by atoms with Crippen molar-refractivity contribution in [1.29, 1.82) is 0 Å². The first-order chi connectivity index (χ1) is 10.6. The first kappa shape index (κ1) is 15.0. The minimum atomic E-state index is -0.762. The van der Waals surface area contributed by atoms with Gasteiger partial charge in [-0.1, -0.05) is 0 Å². The number of rotatable bonds is 6. The molecule has 0 atom stereocenters. The number of hydrogen-bond donors (Lipinski definition) is 1. The number of benzene rings is 1. The minimum Gasteiger partial charge on any atom is -0.496 e. The smallest absolute Gasteiger partial charge is 0.304 e. The normalized spacial score (nSPS) is 19.1. The van der Waals surface area contributed by atoms with Crippen LogP contribution in [0.4, 0.5) is 5.69 Å². The van der Waals surface area contributed by atoms with Crippen molar-refractivity contribution in [3.8, 4) is 11.5 Å². The van der Waals surface area contributed by atoms with Gasteiger partial charge < -0.3 is 19.5 Å². The molecule has 120 valence electrons. The number of nitrogens with zero attached hydrogens (tertiary/aromatic N) is 1. The molecule has 22 heavy (non-hydrogen) atoms. The number of anilines is 1. The lowest BCUT2D eigenvalue weighted by Gasteiger charge is -2.25. The monoisotopic (exact) mass is 305 g/mol. The number of carboxylic acid groups (broad SMARTS) is 1. The molecule has 1 heterocycles. The van der Waals surface area contributed by atoms with Crippen LogP contribution < -0.4 is 14.4 Å². The van der Waals surface area contributed by atoms with E-state index in [9.17, 15) is 9.90 Å². The third kappa shape index (κ3) is 2.60. The summed E-state index contributed by atoms with van der Waals surface area (Å²) in [6.07, 6.45) is 4.31. The standard InChI is InChI=1S/C17H23NO4/c1-21-14-10-13(18-7-3-4-8-18)15(22-2)9-12(14)17(5-6-17)11-16(19)20/h9-10H,3-8,11H2,1-2H3,(H,19,20). The van der Waals surface area contributed by atoms with E-state index in [1.165, 1.54) is 12.8 Å². The molecule has 5 heteroatoms. The molecule has 1 N–H and O–H groups in total. The van der Waals surface area contributed by atoms with Crippen LogP contribution in [0.5, 0.6) is 11.5 Å². The van der Waals surface area contributed by atoms with Gasteiger partial charge in [-0.3, -0.25) is 4.79 Å². The summed E-state index contributed by atoms with van der Waals surface area (Å²) >= 11 is 0. The molecule has 2 fully saturated rings. The summed E-state index contributed by atoms with van der Waals surface area (Å²) in [5.41, 5.74) is 1.73. The van der Waals surface area contributed by atoms with Gasteiger partial charge in [0.25, 0.3) is 0 Å². The number of methoxy groups -OCH3 is 2. The van der Waals surface area contributed by atoms with Gasteiger partial charge in [0.1, 0.15) is 11.5 Å². The molecule has 1 aliphatic carbocycles. The molecule has 0 bridgehead atoms. The SMILES string of the molecule is COc1cc(C2(CC(=O)O)CC2)c(OC)cc1N1CCCC1. The second-order valence-electron chi connectivity index (χ2n) is 6.27. The largest absolute Gasteiger partial charge is 0.496 e. The van der Waals surface area contributed by atoms with Crippen LogP contribution >= 0.6 is 0 Å². The molecule has 0 spiro atoms. The first-order valence-electron chi connectivity index (χ1n) is 7.83. The van der Waals surface area contributed by atoms with Crippen LogP contribution in [0.3, 0.4) is 0 Å². The summed E-state index contributed by atoms with van der Waals surface area (Å²) in [5, 5.41) is 9.19. The average molecular weight is 305 g/mol. The Morgan fingerprint density at radius 2 is 1.82 bits per heavy atom. The van der Waals surface area contributed by atoms with E-state index >= 15 is 0 Å². The zero-order valence-electron chi connectivity index (χ0n) is 13.2. The van der Waals surface area contributed by atoms with Gasteiger partial charge in [-0.25, -0.2) is 0 Å². The second kappa shape index (κ2) is 5.71. The lowest BCUT2D eigenvalue weighted by Crippen LogP contribution is -2.20. The van der Waals surface area contributed by atoms with Gasteiger partial charge in [0.15, 0.2) is 0 Å². The predicted octanol–water partition coefficient (Wildman–Crippen LogP) is 2.81. The molecule has 1 saturated carbocycles. The Balaban J connectivity index is 2.02. The lowest BCUT2D eigenvalue weighted by molar-refractivity contribution is -0.137. The van der Waals surface area contributed by atoms with Crippen LogP contribution in [0, 0.1) is 0 Å². The number of hydrogen-bond acceptors (Lipinski definition) is 4. The fraction of sp³-hybridized carbons (Fsp3) is 0.588. The predicted molar refractivity (Wildman–Crippen MR) is 84.2 cm³/mol. The third-order valence-corrected chi connectivity index (χ3v) is 4.86. The maximum Gasteiger partial charge on any atom is 0.304 e. The molecule has 0 amide bonds. The highest BCUT2D eigenvalue weighted by Gasteiger charge is 2.48. The van der Waals surface area contributed by atoms with E-state index in [4.69, 9.17) is 9.47 Å². The van der Waals surface area contributed by atoms with Crippen LogP contribution in [0.15, 0.2) is 12.1 Å². The highest BCUT2D eigenvalue weighted by atomic mass is 16.5. The molecule has 0 aromatic heterocycles. The van der Waals surface area contributed by atoms with E-state index in [0.29, 0.717) is 0 Å². The third-order valence-electron chi connectivity index (χ3n) is 4.86. The molecular formula is C17H23NO4. The molecule has 1 aliphatic heterocycles. The Labute approximate surface area is 130 Å². The number of carboxylic acids is 1. The summed E-state index contributed by atoms with van der Waals surface area (Å²) in [5.74, 6) is 0.831. The highest BCUT2D eigenvalue weighted by Crippen LogP contribution is 2.55. The Morgan fingerprint density at radius 3 is 2.32 bits per heavy atom. The quantitative estimate of drug-likeness (QED) is 0.876. The molecular weight excluding hydrogens is 282 g/mol. The molecule has 3 rings (SSSR count). The van der Waals surface area contributed by atoms with Gasteiger partial charge in [0.2, 0.25) is 0 Å². The summed E-state index contributed by atoms with van der Waals surface area (Å²) in [4.78, 5) is 13.5. The summed E-state index contributed by atoms with van der Waals surface area (Å²) in [6, 6.07) is 4.00. The minimum absolute atomic E-state index is 0.148. The second-order valence-corrected chi connectivity index (χ2v) is 6.27. The van der Waals surface area contributed by atoms with Crippen molar-refractivity contribution >= 4 is 11.7 Å². The van der Waals surface area contributed by atoms with Gasteiger partial charge in [0.05, 0.1) is 26.3 Å². The fourth-order valence-corrected chi connectivity index (χ4v) is 3.48. The van der Waals surface area contributed by atoms with Crippen molar-refractivity contribution in [2.45, 2.75) is 37.5 Å². The topological polar surface area (TPSA) is 59.0 Å². The van der Waals surface area contributed by atoms with Crippen LogP contribution in [-0.2, 0) is 10.2 Å². The first-order valence-corrected chi connectivity index (χ1v) is 7.83. The molecule has 5 nitrogen and oxygen atoms in total. The van der Waals surface area contributed by atoms with Crippen LogP contribution in [0.1, 0.15) is 37.7 Å². The van der Waals surface area contributed by atoms with Gasteiger partial charge in [0, 0.05) is 30.1 Å². The molecule has 1 saturated heterocycles. The van der Waals surface area contributed by atoms with Crippen molar-refractivity contribution < 1.29 is 19.4 Å². The molecule has 0 unspecified atom stereocenters. The summed E-state index contributed by atoms with van der Waals surface area (Å²) < 4.78 is 11.2. The average Bonchev–Trinajstić information content (AvgIpc) is 3.07. The Morgan fingerprint density at radius 1 is 1.18 bits per heavy atom. The molecule has 1 aromatic carbocycles. The zero-order chi connectivity index (χ0) is 15.7. The zero-order valence-corrected chi connectivity index (χ0v) is 13.2. The van der Waals surface area contributed by atoms with E-state index < -0.39 is 5.97 Å². The van der Waals surface area contributed by atoms with Gasteiger partial charge in [-0.15, -0.1) is 0 Å². The van der Waals surface area contributed by atoms with E-state index in [-0.39, 0.29) is 11.8 Å². The Bertz CT molecular complexity index is 574. The summed E-state index contributed by atoms with van der Waals surface area (Å²) in [6.45, 7) is 2.05. The van der Waals surface area contributed by atoms with Crippen LogP contribution in [0.25, 0.3) is 0 Å². The fourth-order valence-electron chi connectivity index (χ4n) is 3.48. The molecule has 1 aromatic rings.